The third kappa shape index (κ3) is 2.44. The highest BCUT2D eigenvalue weighted by atomic mass is 16.5. The van der Waals surface area contributed by atoms with Crippen LogP contribution >= 0.6 is 0 Å². The number of hydrogen-bond donors (Lipinski definition) is 1. The highest BCUT2D eigenvalue weighted by Crippen LogP contribution is 2.29. The van der Waals surface area contributed by atoms with Crippen molar-refractivity contribution in [3.8, 4) is 17.0 Å². The van der Waals surface area contributed by atoms with Gasteiger partial charge in [-0.05, 0) is 49.6 Å². The van der Waals surface area contributed by atoms with Crippen molar-refractivity contribution in [1.29, 1.82) is 0 Å². The molecular formula is C15H17N3O. The second-order valence-electron chi connectivity index (χ2n) is 4.79. The molecule has 0 spiro atoms. The molecule has 4 heteroatoms. The summed E-state index contributed by atoms with van der Waals surface area (Å²) in [5.41, 5.74) is 9.87. The minimum Gasteiger partial charge on any atom is -0.493 e. The summed E-state index contributed by atoms with van der Waals surface area (Å²) in [6, 6.07) is 8.23. The summed E-state index contributed by atoms with van der Waals surface area (Å²) in [6.45, 7) is 3.14. The van der Waals surface area contributed by atoms with E-state index >= 15 is 0 Å². The molecule has 2 aromatic rings. The van der Waals surface area contributed by atoms with Crippen LogP contribution in [-0.4, -0.2) is 16.6 Å². The zero-order chi connectivity index (χ0) is 13.2. The Bertz CT molecular complexity index is 610. The minimum atomic E-state index is 0.364. The van der Waals surface area contributed by atoms with E-state index in [9.17, 15) is 0 Å². The van der Waals surface area contributed by atoms with Gasteiger partial charge < -0.3 is 10.5 Å². The first kappa shape index (κ1) is 12.1. The number of nitrogens with zero attached hydrogens (tertiary/aromatic N) is 2. The highest BCUT2D eigenvalue weighted by molar-refractivity contribution is 5.62. The van der Waals surface area contributed by atoms with E-state index in [1.165, 1.54) is 5.56 Å². The molecule has 19 heavy (non-hydrogen) atoms. The molecule has 0 amide bonds. The van der Waals surface area contributed by atoms with Gasteiger partial charge in [-0.2, -0.15) is 0 Å². The van der Waals surface area contributed by atoms with Crippen LogP contribution in [0.15, 0.2) is 24.3 Å². The van der Waals surface area contributed by atoms with E-state index in [-0.39, 0.29) is 0 Å². The largest absolute Gasteiger partial charge is 0.493 e. The number of aryl methyl sites for hydroxylation is 2. The van der Waals surface area contributed by atoms with Crippen molar-refractivity contribution in [1.82, 2.24) is 9.97 Å². The van der Waals surface area contributed by atoms with Gasteiger partial charge in [-0.25, -0.2) is 9.97 Å². The van der Waals surface area contributed by atoms with Crippen LogP contribution in [0.2, 0.25) is 0 Å². The number of rotatable bonds is 2. The van der Waals surface area contributed by atoms with E-state index in [1.807, 2.05) is 25.1 Å². The number of benzene rings is 1. The molecular weight excluding hydrogens is 238 g/mol. The Morgan fingerprint density at radius 3 is 3.00 bits per heavy atom. The van der Waals surface area contributed by atoms with Crippen molar-refractivity contribution in [2.45, 2.75) is 26.3 Å². The topological polar surface area (TPSA) is 61.0 Å². The van der Waals surface area contributed by atoms with Crippen LogP contribution in [-0.2, 0) is 13.0 Å². The lowest BCUT2D eigenvalue weighted by atomic mass is 10.0. The van der Waals surface area contributed by atoms with Crippen molar-refractivity contribution in [3.05, 3.63) is 41.3 Å². The number of aromatic nitrogens is 2. The van der Waals surface area contributed by atoms with Gasteiger partial charge in [0.15, 0.2) is 0 Å². The summed E-state index contributed by atoms with van der Waals surface area (Å²) in [4.78, 5) is 8.80. The van der Waals surface area contributed by atoms with Gasteiger partial charge in [0.1, 0.15) is 11.6 Å². The van der Waals surface area contributed by atoms with Gasteiger partial charge in [-0.15, -0.1) is 0 Å². The number of hydrogen-bond acceptors (Lipinski definition) is 4. The molecule has 0 saturated heterocycles. The van der Waals surface area contributed by atoms with Crippen LogP contribution in [0.5, 0.6) is 5.75 Å². The molecule has 1 aliphatic heterocycles. The SMILES string of the molecule is Cc1cc(-c2ccc3c(c2)CCCO3)nc(CN)n1. The molecule has 0 fully saturated rings. The maximum atomic E-state index is 5.63. The normalized spacial score (nSPS) is 13.8. The van der Waals surface area contributed by atoms with Crippen LogP contribution in [0.3, 0.4) is 0 Å². The van der Waals surface area contributed by atoms with Crippen LogP contribution in [0.4, 0.5) is 0 Å². The summed E-state index contributed by atoms with van der Waals surface area (Å²) in [6.07, 6.45) is 2.14. The van der Waals surface area contributed by atoms with Gasteiger partial charge in [0.2, 0.25) is 0 Å². The summed E-state index contributed by atoms with van der Waals surface area (Å²) < 4.78 is 5.63. The van der Waals surface area contributed by atoms with Crippen molar-refractivity contribution < 1.29 is 4.74 Å². The summed E-state index contributed by atoms with van der Waals surface area (Å²) in [7, 11) is 0. The number of ether oxygens (including phenoxy) is 1. The first-order chi connectivity index (χ1) is 9.26. The first-order valence-corrected chi connectivity index (χ1v) is 6.57. The van der Waals surface area contributed by atoms with Crippen molar-refractivity contribution in [3.63, 3.8) is 0 Å². The Labute approximate surface area is 112 Å². The Morgan fingerprint density at radius 1 is 1.26 bits per heavy atom. The zero-order valence-electron chi connectivity index (χ0n) is 11.0. The van der Waals surface area contributed by atoms with E-state index in [0.717, 1.165) is 42.1 Å². The van der Waals surface area contributed by atoms with E-state index in [4.69, 9.17) is 10.5 Å². The molecule has 0 aliphatic carbocycles. The smallest absolute Gasteiger partial charge is 0.142 e. The Hall–Kier alpha value is -1.94. The molecule has 3 rings (SSSR count). The van der Waals surface area contributed by atoms with Gasteiger partial charge in [-0.3, -0.25) is 0 Å². The quantitative estimate of drug-likeness (QED) is 0.894. The van der Waals surface area contributed by atoms with Crippen molar-refractivity contribution >= 4 is 0 Å². The second kappa shape index (κ2) is 4.97. The summed E-state index contributed by atoms with van der Waals surface area (Å²) in [5.74, 6) is 1.68. The standard InChI is InChI=1S/C15H17N3O/c1-10-7-13(18-15(9-16)17-10)11-4-5-14-12(8-11)3-2-6-19-14/h4-5,7-8H,2-3,6,9,16H2,1H3. The summed E-state index contributed by atoms with van der Waals surface area (Å²) >= 11 is 0. The fraction of sp³-hybridized carbons (Fsp3) is 0.333. The summed E-state index contributed by atoms with van der Waals surface area (Å²) in [5, 5.41) is 0. The lowest BCUT2D eigenvalue weighted by Crippen LogP contribution is -2.08. The highest BCUT2D eigenvalue weighted by Gasteiger charge is 2.12. The molecule has 4 nitrogen and oxygen atoms in total. The maximum Gasteiger partial charge on any atom is 0.142 e. The molecule has 0 unspecified atom stereocenters. The first-order valence-electron chi connectivity index (χ1n) is 6.57. The lowest BCUT2D eigenvalue weighted by molar-refractivity contribution is 0.288. The van der Waals surface area contributed by atoms with Crippen molar-refractivity contribution in [2.24, 2.45) is 5.73 Å². The van der Waals surface area contributed by atoms with Gasteiger partial charge in [0, 0.05) is 11.3 Å². The third-order valence-corrected chi connectivity index (χ3v) is 3.29. The molecule has 0 atom stereocenters. The Balaban J connectivity index is 2.04. The lowest BCUT2D eigenvalue weighted by Gasteiger charge is -2.17. The van der Waals surface area contributed by atoms with E-state index < -0.39 is 0 Å². The fourth-order valence-corrected chi connectivity index (χ4v) is 2.39. The minimum absolute atomic E-state index is 0.364. The second-order valence-corrected chi connectivity index (χ2v) is 4.79. The van der Waals surface area contributed by atoms with Crippen LogP contribution in [0, 0.1) is 6.92 Å². The molecule has 98 valence electrons. The molecule has 0 bridgehead atoms. The van der Waals surface area contributed by atoms with Gasteiger partial charge >= 0.3 is 0 Å². The monoisotopic (exact) mass is 255 g/mol. The molecule has 1 aliphatic rings. The molecule has 2 N–H and O–H groups in total. The van der Waals surface area contributed by atoms with E-state index in [2.05, 4.69) is 16.0 Å². The van der Waals surface area contributed by atoms with Gasteiger partial charge in [0.25, 0.3) is 0 Å². The number of nitrogens with two attached hydrogens (primary N) is 1. The maximum absolute atomic E-state index is 5.63. The average Bonchev–Trinajstić information content (AvgIpc) is 2.46. The van der Waals surface area contributed by atoms with Gasteiger partial charge in [0.05, 0.1) is 18.8 Å². The van der Waals surface area contributed by atoms with Crippen LogP contribution in [0.1, 0.15) is 23.5 Å². The molecule has 1 aromatic carbocycles. The predicted molar refractivity (Wildman–Crippen MR) is 73.9 cm³/mol. The van der Waals surface area contributed by atoms with Crippen molar-refractivity contribution in [2.75, 3.05) is 6.61 Å². The average molecular weight is 255 g/mol. The molecule has 0 saturated carbocycles. The van der Waals surface area contributed by atoms with E-state index in [1.54, 1.807) is 0 Å². The predicted octanol–water partition coefficient (Wildman–Crippen LogP) is 2.24. The zero-order valence-corrected chi connectivity index (χ0v) is 11.0. The molecule has 2 heterocycles. The fourth-order valence-electron chi connectivity index (χ4n) is 2.39. The number of fused-ring (bicyclic) bond motifs is 1. The van der Waals surface area contributed by atoms with E-state index in [0.29, 0.717) is 12.4 Å². The molecule has 0 radical (unpaired) electrons. The van der Waals surface area contributed by atoms with Crippen LogP contribution < -0.4 is 10.5 Å². The van der Waals surface area contributed by atoms with Gasteiger partial charge in [-0.1, -0.05) is 0 Å². The Kier molecular flexibility index (Phi) is 3.17. The Morgan fingerprint density at radius 2 is 2.16 bits per heavy atom. The van der Waals surface area contributed by atoms with Crippen LogP contribution in [0.25, 0.3) is 11.3 Å². The third-order valence-electron chi connectivity index (χ3n) is 3.29. The molecule has 1 aromatic heterocycles.